The van der Waals surface area contributed by atoms with Crippen molar-refractivity contribution in [3.63, 3.8) is 0 Å². The molecule has 4 rings (SSSR count). The van der Waals surface area contributed by atoms with Crippen molar-refractivity contribution in [1.82, 2.24) is 39.7 Å². The van der Waals surface area contributed by atoms with Crippen LogP contribution in [0.25, 0.3) is 28.0 Å². The molecule has 0 radical (unpaired) electrons. The number of hydrogen-bond acceptors (Lipinski definition) is 6. The summed E-state index contributed by atoms with van der Waals surface area (Å²) < 4.78 is 1.48. The molecule has 0 unspecified atom stereocenters. The maximum atomic E-state index is 11.6. The van der Waals surface area contributed by atoms with Crippen LogP contribution in [0.4, 0.5) is 0 Å². The molecule has 0 bridgehead atoms. The highest BCUT2D eigenvalue weighted by Gasteiger charge is 2.13. The lowest BCUT2D eigenvalue weighted by Crippen LogP contribution is -2.07. The van der Waals surface area contributed by atoms with Crippen LogP contribution in [0.2, 0.25) is 0 Å². The highest BCUT2D eigenvalue weighted by molar-refractivity contribution is 5.81. The van der Waals surface area contributed by atoms with Gasteiger partial charge >= 0.3 is 0 Å². The van der Waals surface area contributed by atoms with Crippen molar-refractivity contribution in [2.75, 3.05) is 0 Å². The Kier molecular flexibility index (Phi) is 1.79. The molecule has 0 fully saturated rings. The van der Waals surface area contributed by atoms with Crippen molar-refractivity contribution in [1.29, 1.82) is 0 Å². The summed E-state index contributed by atoms with van der Waals surface area (Å²) >= 11 is 0. The molecule has 2 N–H and O–H groups in total. The molecule has 92 valence electrons. The smallest absolute Gasteiger partial charge is 0.261 e. The van der Waals surface area contributed by atoms with E-state index in [-0.39, 0.29) is 5.56 Å². The molecule has 9 nitrogen and oxygen atoms in total. The largest absolute Gasteiger partial charge is 0.340 e. The third-order valence-electron chi connectivity index (χ3n) is 2.77. The Hall–Kier alpha value is -3.10. The summed E-state index contributed by atoms with van der Waals surface area (Å²) in [4.78, 5) is 33.4. The zero-order valence-electron chi connectivity index (χ0n) is 9.40. The van der Waals surface area contributed by atoms with Gasteiger partial charge in [-0.2, -0.15) is 9.78 Å². The fraction of sp³-hybridized carbons (Fsp3) is 0. The van der Waals surface area contributed by atoms with E-state index in [0.717, 1.165) is 0 Å². The molecule has 19 heavy (non-hydrogen) atoms. The van der Waals surface area contributed by atoms with Gasteiger partial charge in [0, 0.05) is 0 Å². The van der Waals surface area contributed by atoms with E-state index in [4.69, 9.17) is 0 Å². The van der Waals surface area contributed by atoms with Gasteiger partial charge in [0.15, 0.2) is 17.1 Å². The average Bonchev–Trinajstić information content (AvgIpc) is 3.05. The average molecular weight is 254 g/mol. The van der Waals surface area contributed by atoms with E-state index in [1.807, 2.05) is 0 Å². The molecule has 0 aliphatic heterocycles. The van der Waals surface area contributed by atoms with Gasteiger partial charge in [0.05, 0.1) is 18.9 Å². The molecule has 0 saturated carbocycles. The van der Waals surface area contributed by atoms with Crippen LogP contribution < -0.4 is 5.56 Å². The number of aromatic nitrogens is 8. The number of imidazole rings is 1. The van der Waals surface area contributed by atoms with Crippen LogP contribution in [-0.4, -0.2) is 39.7 Å². The Morgan fingerprint density at radius 2 is 1.95 bits per heavy atom. The number of H-pyrrole nitrogens is 2. The van der Waals surface area contributed by atoms with E-state index < -0.39 is 0 Å². The minimum absolute atomic E-state index is 0.244. The maximum absolute atomic E-state index is 11.6. The second-order valence-electron chi connectivity index (χ2n) is 3.82. The lowest BCUT2D eigenvalue weighted by molar-refractivity contribution is 0.862. The van der Waals surface area contributed by atoms with Gasteiger partial charge in [-0.1, -0.05) is 0 Å². The predicted molar refractivity (Wildman–Crippen MR) is 64.7 cm³/mol. The van der Waals surface area contributed by atoms with Crippen LogP contribution in [-0.2, 0) is 0 Å². The number of nitrogens with one attached hydrogen (secondary N) is 2. The summed E-state index contributed by atoms with van der Waals surface area (Å²) in [6, 6.07) is 0. The molecule has 0 aliphatic rings. The lowest BCUT2D eigenvalue weighted by Gasteiger charge is -2.01. The standard InChI is InChI=1S/C10H6N8O/c19-10-5-1-17-18(8(5)14-4-16-10)9-6-7(12-2-11-6)13-3-15-9/h1-4H,(H,14,16,19)(H,11,12,13,15). The molecule has 0 spiro atoms. The van der Waals surface area contributed by atoms with Crippen molar-refractivity contribution in [2.45, 2.75) is 0 Å². The van der Waals surface area contributed by atoms with E-state index >= 15 is 0 Å². The van der Waals surface area contributed by atoms with E-state index in [2.05, 4.69) is 35.0 Å². The van der Waals surface area contributed by atoms with E-state index in [1.54, 1.807) is 0 Å². The molecular formula is C10H6N8O. The van der Waals surface area contributed by atoms with Gasteiger partial charge in [0.2, 0.25) is 0 Å². The van der Waals surface area contributed by atoms with Gasteiger partial charge in [-0.3, -0.25) is 4.79 Å². The van der Waals surface area contributed by atoms with Gasteiger partial charge in [-0.05, 0) is 0 Å². The third kappa shape index (κ3) is 1.29. The fourth-order valence-electron chi connectivity index (χ4n) is 1.92. The molecular weight excluding hydrogens is 248 g/mol. The Morgan fingerprint density at radius 3 is 2.89 bits per heavy atom. The minimum Gasteiger partial charge on any atom is -0.340 e. The van der Waals surface area contributed by atoms with Crippen molar-refractivity contribution in [3.8, 4) is 5.82 Å². The molecule has 0 amide bonds. The Balaban J connectivity index is 2.13. The second kappa shape index (κ2) is 3.45. The fourth-order valence-corrected chi connectivity index (χ4v) is 1.92. The number of hydrogen-bond donors (Lipinski definition) is 2. The molecule has 0 aliphatic carbocycles. The van der Waals surface area contributed by atoms with Gasteiger partial charge in [-0.15, -0.1) is 0 Å². The summed E-state index contributed by atoms with van der Waals surface area (Å²) in [6.45, 7) is 0. The summed E-state index contributed by atoms with van der Waals surface area (Å²) in [7, 11) is 0. The van der Waals surface area contributed by atoms with E-state index in [1.165, 1.54) is 29.9 Å². The first-order chi connectivity index (χ1) is 9.34. The van der Waals surface area contributed by atoms with Crippen LogP contribution in [0.1, 0.15) is 0 Å². The van der Waals surface area contributed by atoms with Gasteiger partial charge in [0.25, 0.3) is 5.56 Å². The number of fused-ring (bicyclic) bond motifs is 2. The SMILES string of the molecule is O=c1[nH]cnc2c1cnn2-c1ncnc2nc[nH]c12. The topological polar surface area (TPSA) is 118 Å². The number of rotatable bonds is 1. The summed E-state index contributed by atoms with van der Waals surface area (Å²) in [5, 5.41) is 4.55. The quantitative estimate of drug-likeness (QED) is 0.484. The van der Waals surface area contributed by atoms with Crippen LogP contribution in [0.3, 0.4) is 0 Å². The van der Waals surface area contributed by atoms with Crippen LogP contribution in [0.5, 0.6) is 0 Å². The predicted octanol–water partition coefficient (Wildman–Crippen LogP) is -0.225. The molecule has 9 heteroatoms. The summed E-state index contributed by atoms with van der Waals surface area (Å²) in [5.41, 5.74) is 1.34. The first-order valence-electron chi connectivity index (χ1n) is 5.40. The van der Waals surface area contributed by atoms with Crippen molar-refractivity contribution >= 4 is 22.2 Å². The molecule has 4 aromatic rings. The number of aromatic amines is 2. The second-order valence-corrected chi connectivity index (χ2v) is 3.82. The summed E-state index contributed by atoms with van der Waals surface area (Å²) in [6.07, 6.45) is 5.69. The molecule has 0 saturated heterocycles. The Labute approximate surface area is 104 Å². The maximum Gasteiger partial charge on any atom is 0.261 e. The van der Waals surface area contributed by atoms with E-state index in [9.17, 15) is 4.79 Å². The van der Waals surface area contributed by atoms with Gasteiger partial charge in [0.1, 0.15) is 17.2 Å². The highest BCUT2D eigenvalue weighted by atomic mass is 16.1. The monoisotopic (exact) mass is 254 g/mol. The van der Waals surface area contributed by atoms with Crippen molar-refractivity contribution in [3.05, 3.63) is 35.5 Å². The third-order valence-corrected chi connectivity index (χ3v) is 2.77. The van der Waals surface area contributed by atoms with Crippen LogP contribution in [0.15, 0.2) is 30.0 Å². The molecule has 0 atom stereocenters. The van der Waals surface area contributed by atoms with Crippen molar-refractivity contribution < 1.29 is 0 Å². The first-order valence-corrected chi connectivity index (χ1v) is 5.40. The molecule has 0 aromatic carbocycles. The molecule has 4 aromatic heterocycles. The molecule has 4 heterocycles. The Morgan fingerprint density at radius 1 is 1.05 bits per heavy atom. The van der Waals surface area contributed by atoms with Gasteiger partial charge in [-0.25, -0.2) is 19.9 Å². The van der Waals surface area contributed by atoms with Crippen LogP contribution in [0, 0.1) is 0 Å². The van der Waals surface area contributed by atoms with Gasteiger partial charge < -0.3 is 9.97 Å². The van der Waals surface area contributed by atoms with Crippen molar-refractivity contribution in [2.24, 2.45) is 0 Å². The number of nitrogens with zero attached hydrogens (tertiary/aromatic N) is 6. The normalized spacial score (nSPS) is 11.4. The first kappa shape index (κ1) is 9.88. The lowest BCUT2D eigenvalue weighted by atomic mass is 10.4. The Bertz CT molecular complexity index is 949. The zero-order valence-corrected chi connectivity index (χ0v) is 9.40. The highest BCUT2D eigenvalue weighted by Crippen LogP contribution is 2.16. The zero-order chi connectivity index (χ0) is 12.8. The van der Waals surface area contributed by atoms with Crippen LogP contribution >= 0.6 is 0 Å². The summed E-state index contributed by atoms with van der Waals surface area (Å²) in [5.74, 6) is 0.496. The van der Waals surface area contributed by atoms with E-state index in [0.29, 0.717) is 28.0 Å². The minimum atomic E-state index is -0.244.